The van der Waals surface area contributed by atoms with E-state index in [1.807, 2.05) is 17.0 Å². The highest BCUT2D eigenvalue weighted by atomic mass is 16.6. The predicted molar refractivity (Wildman–Crippen MR) is 134 cm³/mol. The number of nitro groups is 1. The van der Waals surface area contributed by atoms with Gasteiger partial charge in [-0.25, -0.2) is 0 Å². The van der Waals surface area contributed by atoms with Crippen LogP contribution >= 0.6 is 0 Å². The Morgan fingerprint density at radius 3 is 2.37 bits per heavy atom. The van der Waals surface area contributed by atoms with E-state index in [1.165, 1.54) is 23.3 Å². The molecule has 0 aromatic heterocycles. The minimum absolute atomic E-state index is 0.0294. The van der Waals surface area contributed by atoms with Gasteiger partial charge in [0.1, 0.15) is 0 Å². The SMILES string of the molecule is CC(=O)c1cccc2c1C[C@H]1C[C@@H](C(=O)N3CCN(c4ccc([N+](=O)[O-])cc4)CC3)CN(C)[C@@H]1C2. The van der Waals surface area contributed by atoms with Gasteiger partial charge in [0.15, 0.2) is 5.78 Å². The van der Waals surface area contributed by atoms with E-state index < -0.39 is 4.92 Å². The van der Waals surface area contributed by atoms with Gasteiger partial charge in [0, 0.05) is 62.1 Å². The second kappa shape index (κ2) is 9.41. The van der Waals surface area contributed by atoms with Crippen molar-refractivity contribution >= 4 is 23.1 Å². The van der Waals surface area contributed by atoms with Crippen molar-refractivity contribution in [3.8, 4) is 0 Å². The lowest BCUT2D eigenvalue weighted by Crippen LogP contribution is -2.56. The van der Waals surface area contributed by atoms with E-state index in [2.05, 4.69) is 22.9 Å². The smallest absolute Gasteiger partial charge is 0.269 e. The number of hydrogen-bond acceptors (Lipinski definition) is 6. The summed E-state index contributed by atoms with van der Waals surface area (Å²) in [5.74, 6) is 0.683. The molecule has 184 valence electrons. The van der Waals surface area contributed by atoms with E-state index in [-0.39, 0.29) is 23.3 Å². The van der Waals surface area contributed by atoms with Crippen LogP contribution in [0.4, 0.5) is 11.4 Å². The third-order valence-corrected chi connectivity index (χ3v) is 8.12. The van der Waals surface area contributed by atoms with Crippen molar-refractivity contribution in [2.75, 3.05) is 44.7 Å². The normalized spacial score (nSPS) is 24.5. The number of non-ortho nitro benzene ring substituents is 1. The third kappa shape index (κ3) is 4.55. The number of benzene rings is 2. The van der Waals surface area contributed by atoms with Crippen molar-refractivity contribution in [2.24, 2.45) is 11.8 Å². The number of rotatable bonds is 4. The number of nitro benzene ring substituents is 1. The van der Waals surface area contributed by atoms with E-state index in [9.17, 15) is 19.7 Å². The Balaban J connectivity index is 1.23. The molecule has 8 heteroatoms. The lowest BCUT2D eigenvalue weighted by atomic mass is 9.71. The molecule has 1 aliphatic carbocycles. The van der Waals surface area contributed by atoms with Crippen LogP contribution in [0.1, 0.15) is 34.8 Å². The summed E-state index contributed by atoms with van der Waals surface area (Å²) in [5, 5.41) is 10.9. The molecule has 8 nitrogen and oxygen atoms in total. The molecule has 5 rings (SSSR count). The zero-order valence-electron chi connectivity index (χ0n) is 20.4. The van der Waals surface area contributed by atoms with Gasteiger partial charge in [-0.05, 0) is 62.4 Å². The first kappa shape index (κ1) is 23.5. The molecule has 0 N–H and O–H groups in total. The Morgan fingerprint density at radius 2 is 1.71 bits per heavy atom. The van der Waals surface area contributed by atoms with Crippen LogP contribution in [0, 0.1) is 22.0 Å². The number of nitrogens with zero attached hydrogens (tertiary/aromatic N) is 4. The molecule has 35 heavy (non-hydrogen) atoms. The molecule has 0 radical (unpaired) electrons. The maximum Gasteiger partial charge on any atom is 0.269 e. The summed E-state index contributed by atoms with van der Waals surface area (Å²) in [6, 6.07) is 13.1. The van der Waals surface area contributed by atoms with Crippen molar-refractivity contribution in [1.82, 2.24) is 9.80 Å². The molecule has 3 aliphatic rings. The van der Waals surface area contributed by atoms with Crippen LogP contribution in [0.5, 0.6) is 0 Å². The molecular weight excluding hydrogens is 444 g/mol. The van der Waals surface area contributed by atoms with Crippen LogP contribution in [0.3, 0.4) is 0 Å². The molecule has 2 aromatic carbocycles. The van der Waals surface area contributed by atoms with E-state index in [1.54, 1.807) is 19.1 Å². The summed E-state index contributed by atoms with van der Waals surface area (Å²) in [6.45, 7) is 5.14. The second-order valence-corrected chi connectivity index (χ2v) is 10.2. The number of carbonyl (C=O) groups excluding carboxylic acids is 2. The van der Waals surface area contributed by atoms with E-state index in [0.29, 0.717) is 38.1 Å². The van der Waals surface area contributed by atoms with Crippen LogP contribution in [0.15, 0.2) is 42.5 Å². The topological polar surface area (TPSA) is 87.0 Å². The fourth-order valence-corrected chi connectivity index (χ4v) is 6.27. The van der Waals surface area contributed by atoms with Crippen LogP contribution in [0.25, 0.3) is 0 Å². The average molecular weight is 477 g/mol. The summed E-state index contributed by atoms with van der Waals surface area (Å²) in [5.41, 5.74) is 4.32. The molecule has 2 heterocycles. The Bertz CT molecular complexity index is 1140. The molecule has 3 atom stereocenters. The Hall–Kier alpha value is -3.26. The number of ketones is 1. The highest BCUT2D eigenvalue weighted by molar-refractivity contribution is 5.96. The molecule has 2 aliphatic heterocycles. The number of piperidine rings is 1. The van der Waals surface area contributed by atoms with Gasteiger partial charge >= 0.3 is 0 Å². The molecule has 2 saturated heterocycles. The number of anilines is 1. The van der Waals surface area contributed by atoms with Crippen molar-refractivity contribution < 1.29 is 14.5 Å². The Morgan fingerprint density at radius 1 is 1.00 bits per heavy atom. The zero-order valence-corrected chi connectivity index (χ0v) is 20.4. The number of Topliss-reactive ketones (excluding diaryl/α,β-unsaturated/α-hetero) is 1. The highest BCUT2D eigenvalue weighted by Crippen LogP contribution is 2.38. The number of amides is 1. The standard InChI is InChI=1S/C27H32N4O4/c1-18(32)24-5-3-4-19-16-26-20(15-25(19)24)14-21(17-28(26)2)27(33)30-12-10-29(11-13-30)22-6-8-23(9-7-22)31(34)35/h3-9,20-21,26H,10-17H2,1-2H3/t20-,21-,26-/m1/s1. The fourth-order valence-electron chi connectivity index (χ4n) is 6.27. The molecular formula is C27H32N4O4. The Kier molecular flexibility index (Phi) is 6.32. The minimum Gasteiger partial charge on any atom is -0.368 e. The van der Waals surface area contributed by atoms with Gasteiger partial charge in [0.05, 0.1) is 10.8 Å². The number of piperazine rings is 1. The van der Waals surface area contributed by atoms with Crippen LogP contribution < -0.4 is 4.90 Å². The molecule has 0 saturated carbocycles. The molecule has 2 aromatic rings. The van der Waals surface area contributed by atoms with Crippen LogP contribution in [-0.4, -0.2) is 72.2 Å². The highest BCUT2D eigenvalue weighted by Gasteiger charge is 2.41. The molecule has 0 bridgehead atoms. The van der Waals surface area contributed by atoms with Gasteiger partial charge in [-0.2, -0.15) is 0 Å². The summed E-state index contributed by atoms with van der Waals surface area (Å²) in [6.07, 6.45) is 2.66. The third-order valence-electron chi connectivity index (χ3n) is 8.12. The summed E-state index contributed by atoms with van der Waals surface area (Å²) < 4.78 is 0. The largest absolute Gasteiger partial charge is 0.368 e. The van der Waals surface area contributed by atoms with Crippen LogP contribution in [-0.2, 0) is 17.6 Å². The quantitative estimate of drug-likeness (QED) is 0.383. The summed E-state index contributed by atoms with van der Waals surface area (Å²) in [7, 11) is 2.13. The monoisotopic (exact) mass is 476 g/mol. The average Bonchev–Trinajstić information content (AvgIpc) is 2.87. The molecule has 0 unspecified atom stereocenters. The van der Waals surface area contributed by atoms with E-state index in [0.717, 1.165) is 37.1 Å². The number of carbonyl (C=O) groups is 2. The van der Waals surface area contributed by atoms with Gasteiger partial charge in [0.2, 0.25) is 5.91 Å². The minimum atomic E-state index is -0.391. The first-order valence-corrected chi connectivity index (χ1v) is 12.4. The van der Waals surface area contributed by atoms with Gasteiger partial charge in [-0.1, -0.05) is 18.2 Å². The molecule has 0 spiro atoms. The maximum absolute atomic E-state index is 13.5. The van der Waals surface area contributed by atoms with E-state index >= 15 is 0 Å². The van der Waals surface area contributed by atoms with Gasteiger partial charge in [0.25, 0.3) is 5.69 Å². The first-order valence-electron chi connectivity index (χ1n) is 12.4. The maximum atomic E-state index is 13.5. The van der Waals surface area contributed by atoms with Crippen molar-refractivity contribution in [3.05, 3.63) is 69.3 Å². The van der Waals surface area contributed by atoms with Crippen LogP contribution in [0.2, 0.25) is 0 Å². The fraction of sp³-hybridized carbons (Fsp3) is 0.481. The number of likely N-dealkylation sites (N-methyl/N-ethyl adjacent to an activating group) is 1. The van der Waals surface area contributed by atoms with Crippen molar-refractivity contribution in [2.45, 2.75) is 32.2 Å². The summed E-state index contributed by atoms with van der Waals surface area (Å²) >= 11 is 0. The molecule has 2 fully saturated rings. The number of likely N-dealkylation sites (tertiary alicyclic amines) is 1. The predicted octanol–water partition coefficient (Wildman–Crippen LogP) is 3.18. The first-order chi connectivity index (χ1) is 16.8. The van der Waals surface area contributed by atoms with Crippen molar-refractivity contribution in [3.63, 3.8) is 0 Å². The van der Waals surface area contributed by atoms with Gasteiger partial charge in [-0.15, -0.1) is 0 Å². The number of hydrogen-bond donors (Lipinski definition) is 0. The lowest BCUT2D eigenvalue weighted by molar-refractivity contribution is -0.384. The lowest BCUT2D eigenvalue weighted by Gasteiger charge is -2.47. The van der Waals surface area contributed by atoms with E-state index in [4.69, 9.17) is 0 Å². The van der Waals surface area contributed by atoms with Crippen molar-refractivity contribution in [1.29, 1.82) is 0 Å². The summed E-state index contributed by atoms with van der Waals surface area (Å²) in [4.78, 5) is 42.7. The molecule has 1 amide bonds. The number of fused-ring (bicyclic) bond motifs is 2. The Labute approximate surface area is 205 Å². The van der Waals surface area contributed by atoms with Gasteiger partial charge < -0.3 is 14.7 Å². The second-order valence-electron chi connectivity index (χ2n) is 10.2. The zero-order chi connectivity index (χ0) is 24.7. The van der Waals surface area contributed by atoms with Gasteiger partial charge in [-0.3, -0.25) is 19.7 Å².